The van der Waals surface area contributed by atoms with E-state index >= 15 is 0 Å². The zero-order valence-electron chi connectivity index (χ0n) is 12.6. The highest BCUT2D eigenvalue weighted by Crippen LogP contribution is 2.29. The highest BCUT2D eigenvalue weighted by molar-refractivity contribution is 7.80. The highest BCUT2D eigenvalue weighted by Gasteiger charge is 2.33. The van der Waals surface area contributed by atoms with Crippen LogP contribution in [-0.4, -0.2) is 23.2 Å². The van der Waals surface area contributed by atoms with E-state index in [0.717, 1.165) is 4.90 Å². The first-order valence-electron chi connectivity index (χ1n) is 7.00. The average molecular weight is 344 g/mol. The van der Waals surface area contributed by atoms with Gasteiger partial charge in [0.25, 0.3) is 5.91 Å². The molecular formula is C17H13FN2O3S. The van der Waals surface area contributed by atoms with Crippen molar-refractivity contribution in [1.82, 2.24) is 5.32 Å². The Kier molecular flexibility index (Phi) is 4.18. The van der Waals surface area contributed by atoms with Crippen LogP contribution in [0.15, 0.2) is 48.2 Å². The van der Waals surface area contributed by atoms with Crippen LogP contribution in [0.3, 0.4) is 0 Å². The number of nitrogens with one attached hydrogen (secondary N) is 1. The van der Waals surface area contributed by atoms with Gasteiger partial charge in [0, 0.05) is 0 Å². The minimum Gasteiger partial charge on any atom is -0.504 e. The summed E-state index contributed by atoms with van der Waals surface area (Å²) in [7, 11) is 1.44. The van der Waals surface area contributed by atoms with Crippen LogP contribution in [0.2, 0.25) is 0 Å². The van der Waals surface area contributed by atoms with Crippen LogP contribution in [0.25, 0.3) is 6.08 Å². The van der Waals surface area contributed by atoms with Crippen LogP contribution in [0.5, 0.6) is 11.5 Å². The van der Waals surface area contributed by atoms with Crippen LogP contribution in [0, 0.1) is 5.82 Å². The second-order valence-electron chi connectivity index (χ2n) is 5.01. The number of rotatable bonds is 3. The molecule has 0 bridgehead atoms. The molecule has 2 N–H and O–H groups in total. The number of para-hydroxylation sites is 1. The monoisotopic (exact) mass is 344 g/mol. The number of ether oxygens (including phenoxy) is 1. The predicted octanol–water partition coefficient (Wildman–Crippen LogP) is 2.80. The van der Waals surface area contributed by atoms with Crippen LogP contribution in [0.1, 0.15) is 5.56 Å². The van der Waals surface area contributed by atoms with Crippen LogP contribution in [-0.2, 0) is 4.79 Å². The molecule has 2 aromatic rings. The van der Waals surface area contributed by atoms with Gasteiger partial charge in [-0.05, 0) is 48.1 Å². The molecule has 0 saturated carbocycles. The highest BCUT2D eigenvalue weighted by atomic mass is 32.1. The van der Waals surface area contributed by atoms with E-state index in [4.69, 9.17) is 17.0 Å². The van der Waals surface area contributed by atoms with Crippen molar-refractivity contribution >= 4 is 35.0 Å². The fraction of sp³-hybridized carbons (Fsp3) is 0.0588. The van der Waals surface area contributed by atoms with Gasteiger partial charge in [-0.1, -0.05) is 18.2 Å². The number of phenolic OH excluding ortho intramolecular Hbond substituents is 1. The number of amides is 1. The number of carbonyl (C=O) groups excluding carboxylic acids is 1. The summed E-state index contributed by atoms with van der Waals surface area (Å²) in [6.07, 6.45) is 1.52. The quantitative estimate of drug-likeness (QED) is 0.662. The smallest absolute Gasteiger partial charge is 0.281 e. The van der Waals surface area contributed by atoms with E-state index in [-0.39, 0.29) is 22.2 Å². The summed E-state index contributed by atoms with van der Waals surface area (Å²) in [5, 5.41) is 12.7. The second kappa shape index (κ2) is 6.29. The molecule has 1 amide bonds. The fourth-order valence-corrected chi connectivity index (χ4v) is 2.64. The molecule has 122 valence electrons. The van der Waals surface area contributed by atoms with Gasteiger partial charge < -0.3 is 15.2 Å². The Labute approximate surface area is 143 Å². The Bertz CT molecular complexity index is 867. The van der Waals surface area contributed by atoms with Gasteiger partial charge in [0.1, 0.15) is 11.5 Å². The first kappa shape index (κ1) is 15.9. The Morgan fingerprint density at radius 3 is 2.71 bits per heavy atom. The molecule has 5 nitrogen and oxygen atoms in total. The van der Waals surface area contributed by atoms with Gasteiger partial charge in [-0.15, -0.1) is 0 Å². The Morgan fingerprint density at radius 2 is 2.04 bits per heavy atom. The summed E-state index contributed by atoms with van der Waals surface area (Å²) in [6, 6.07) is 10.6. The van der Waals surface area contributed by atoms with Gasteiger partial charge in [0.2, 0.25) is 0 Å². The average Bonchev–Trinajstić information content (AvgIpc) is 2.82. The van der Waals surface area contributed by atoms with E-state index in [1.165, 1.54) is 37.5 Å². The summed E-state index contributed by atoms with van der Waals surface area (Å²) in [5.41, 5.74) is 0.844. The zero-order chi connectivity index (χ0) is 17.3. The molecule has 1 heterocycles. The molecule has 0 aromatic heterocycles. The molecule has 7 heteroatoms. The van der Waals surface area contributed by atoms with Gasteiger partial charge in [0.15, 0.2) is 16.6 Å². The molecule has 0 aliphatic carbocycles. The molecule has 1 saturated heterocycles. The first-order chi connectivity index (χ1) is 11.5. The maximum atomic E-state index is 13.9. The predicted molar refractivity (Wildman–Crippen MR) is 92.3 cm³/mol. The number of methoxy groups -OCH3 is 1. The van der Waals surface area contributed by atoms with Crippen LogP contribution in [0.4, 0.5) is 10.1 Å². The van der Waals surface area contributed by atoms with Crippen molar-refractivity contribution in [3.05, 3.63) is 59.5 Å². The van der Waals surface area contributed by atoms with Crippen molar-refractivity contribution in [1.29, 1.82) is 0 Å². The lowest BCUT2D eigenvalue weighted by Gasteiger charge is -2.14. The van der Waals surface area contributed by atoms with Crippen LogP contribution < -0.4 is 15.0 Å². The number of hydrogen-bond donors (Lipinski definition) is 2. The molecule has 1 fully saturated rings. The fourth-order valence-electron chi connectivity index (χ4n) is 2.35. The zero-order valence-corrected chi connectivity index (χ0v) is 13.4. The summed E-state index contributed by atoms with van der Waals surface area (Å²) >= 11 is 5.13. The topological polar surface area (TPSA) is 61.8 Å². The number of phenols is 1. The Morgan fingerprint density at radius 1 is 1.29 bits per heavy atom. The van der Waals surface area contributed by atoms with E-state index in [0.29, 0.717) is 11.3 Å². The Balaban J connectivity index is 1.94. The number of carbonyl (C=O) groups is 1. The van der Waals surface area contributed by atoms with Crippen molar-refractivity contribution in [2.75, 3.05) is 12.0 Å². The molecule has 24 heavy (non-hydrogen) atoms. The third-order valence-corrected chi connectivity index (χ3v) is 3.77. The van der Waals surface area contributed by atoms with Gasteiger partial charge in [-0.3, -0.25) is 4.79 Å². The van der Waals surface area contributed by atoms with E-state index < -0.39 is 11.7 Å². The number of anilines is 1. The van der Waals surface area contributed by atoms with Gasteiger partial charge in [0.05, 0.1) is 12.8 Å². The van der Waals surface area contributed by atoms with Gasteiger partial charge >= 0.3 is 0 Å². The minimum absolute atomic E-state index is 0.0502. The molecule has 0 spiro atoms. The standard InChI is InChI=1S/C17H13FN2O3S/c1-23-15-7-6-10(9-14(15)21)8-12-16(22)20(17(24)19-12)13-5-3-2-4-11(13)18/h2-9,21H,1H3,(H,19,24). The molecule has 1 aliphatic rings. The summed E-state index contributed by atoms with van der Waals surface area (Å²) < 4.78 is 18.9. The lowest BCUT2D eigenvalue weighted by Crippen LogP contribution is -2.31. The van der Waals surface area contributed by atoms with E-state index in [2.05, 4.69) is 5.32 Å². The minimum atomic E-state index is -0.543. The SMILES string of the molecule is COc1ccc(C=C2NC(=S)N(c3ccccc3F)C2=O)cc1O. The maximum Gasteiger partial charge on any atom is 0.281 e. The van der Waals surface area contributed by atoms with Crippen molar-refractivity contribution in [2.45, 2.75) is 0 Å². The molecule has 0 unspecified atom stereocenters. The lowest BCUT2D eigenvalue weighted by atomic mass is 10.1. The number of aromatic hydroxyl groups is 1. The van der Waals surface area contributed by atoms with Gasteiger partial charge in [-0.25, -0.2) is 9.29 Å². The van der Waals surface area contributed by atoms with Crippen molar-refractivity contribution in [2.24, 2.45) is 0 Å². The number of benzene rings is 2. The van der Waals surface area contributed by atoms with Gasteiger partial charge in [-0.2, -0.15) is 0 Å². The maximum absolute atomic E-state index is 13.9. The summed E-state index contributed by atoms with van der Waals surface area (Å²) in [6.45, 7) is 0. The van der Waals surface area contributed by atoms with Crippen molar-refractivity contribution < 1.29 is 19.0 Å². The van der Waals surface area contributed by atoms with E-state index in [9.17, 15) is 14.3 Å². The van der Waals surface area contributed by atoms with Crippen molar-refractivity contribution in [3.63, 3.8) is 0 Å². The number of halogens is 1. The second-order valence-corrected chi connectivity index (χ2v) is 5.40. The van der Waals surface area contributed by atoms with Crippen molar-refractivity contribution in [3.8, 4) is 11.5 Å². The van der Waals surface area contributed by atoms with E-state index in [1.54, 1.807) is 18.2 Å². The van der Waals surface area contributed by atoms with E-state index in [1.807, 2.05) is 0 Å². The number of thiocarbonyl (C=S) groups is 1. The molecule has 3 rings (SSSR count). The van der Waals surface area contributed by atoms with Crippen LogP contribution >= 0.6 is 12.2 Å². The third kappa shape index (κ3) is 2.81. The molecule has 0 atom stereocenters. The number of nitrogens with zero attached hydrogens (tertiary/aromatic N) is 1. The number of hydrogen-bond acceptors (Lipinski definition) is 4. The first-order valence-corrected chi connectivity index (χ1v) is 7.41. The Hall–Kier alpha value is -2.93. The molecule has 0 radical (unpaired) electrons. The summed E-state index contributed by atoms with van der Waals surface area (Å²) in [4.78, 5) is 13.6. The third-order valence-electron chi connectivity index (χ3n) is 3.49. The molecule has 1 aliphatic heterocycles. The lowest BCUT2D eigenvalue weighted by molar-refractivity contribution is -0.113. The normalized spacial score (nSPS) is 15.8. The largest absolute Gasteiger partial charge is 0.504 e. The molecular weight excluding hydrogens is 331 g/mol. The molecule has 2 aromatic carbocycles. The summed E-state index contributed by atoms with van der Waals surface area (Å²) in [5.74, 6) is -0.740.